The maximum atomic E-state index is 12.7. The summed E-state index contributed by atoms with van der Waals surface area (Å²) in [5.74, 6) is 0.0661. The quantitative estimate of drug-likeness (QED) is 0.799. The van der Waals surface area contributed by atoms with Gasteiger partial charge in [0, 0.05) is 0 Å². The van der Waals surface area contributed by atoms with Gasteiger partial charge in [-0.05, 0) is 5.56 Å². The molecule has 0 saturated carbocycles. The SMILES string of the molecule is Nc1cnc(F)nc1OCc1ccccc1. The first-order chi connectivity index (χ1) is 7.75. The van der Waals surface area contributed by atoms with Gasteiger partial charge in [-0.2, -0.15) is 9.37 Å². The molecular weight excluding hydrogens is 209 g/mol. The summed E-state index contributed by atoms with van der Waals surface area (Å²) in [6.45, 7) is 0.293. The van der Waals surface area contributed by atoms with E-state index in [1.165, 1.54) is 6.20 Å². The average Bonchev–Trinajstić information content (AvgIpc) is 2.32. The molecule has 0 saturated heterocycles. The molecule has 0 aliphatic carbocycles. The molecule has 0 radical (unpaired) electrons. The Balaban J connectivity index is 2.08. The van der Waals surface area contributed by atoms with Gasteiger partial charge < -0.3 is 10.5 Å². The standard InChI is InChI=1S/C11H10FN3O/c12-11-14-6-9(13)10(15-11)16-7-8-4-2-1-3-5-8/h1-6H,7,13H2. The van der Waals surface area contributed by atoms with Crippen LogP contribution in [0.1, 0.15) is 5.56 Å². The van der Waals surface area contributed by atoms with Crippen molar-refractivity contribution < 1.29 is 9.13 Å². The minimum absolute atomic E-state index is 0.0661. The number of rotatable bonds is 3. The molecule has 2 rings (SSSR count). The molecule has 1 aromatic heterocycles. The van der Waals surface area contributed by atoms with Gasteiger partial charge in [0.1, 0.15) is 12.3 Å². The van der Waals surface area contributed by atoms with E-state index in [0.717, 1.165) is 5.56 Å². The lowest BCUT2D eigenvalue weighted by Crippen LogP contribution is -2.03. The minimum Gasteiger partial charge on any atom is -0.471 e. The Morgan fingerprint density at radius 1 is 1.25 bits per heavy atom. The number of halogens is 1. The molecule has 1 aromatic carbocycles. The van der Waals surface area contributed by atoms with Crippen LogP contribution in [0, 0.1) is 6.08 Å². The molecular formula is C11H10FN3O. The second kappa shape index (κ2) is 4.57. The Hall–Kier alpha value is -2.17. The number of nitrogen functional groups attached to an aromatic ring is 1. The zero-order valence-corrected chi connectivity index (χ0v) is 8.43. The van der Waals surface area contributed by atoms with E-state index in [1.807, 2.05) is 30.3 Å². The van der Waals surface area contributed by atoms with Gasteiger partial charge in [0.15, 0.2) is 0 Å². The van der Waals surface area contributed by atoms with Crippen molar-refractivity contribution in [1.29, 1.82) is 0 Å². The van der Waals surface area contributed by atoms with Crippen LogP contribution in [0.2, 0.25) is 0 Å². The summed E-state index contributed by atoms with van der Waals surface area (Å²) in [5, 5.41) is 0. The van der Waals surface area contributed by atoms with Gasteiger partial charge in [0.25, 0.3) is 0 Å². The largest absolute Gasteiger partial charge is 0.471 e. The topological polar surface area (TPSA) is 61.0 Å². The van der Waals surface area contributed by atoms with Gasteiger partial charge in [0.05, 0.1) is 6.20 Å². The molecule has 0 fully saturated rings. The third-order valence-electron chi connectivity index (χ3n) is 1.97. The molecule has 0 amide bonds. The summed E-state index contributed by atoms with van der Waals surface area (Å²) in [6.07, 6.45) is 0.333. The number of aromatic nitrogens is 2. The van der Waals surface area contributed by atoms with Gasteiger partial charge >= 0.3 is 6.08 Å². The normalized spacial score (nSPS) is 10.1. The molecule has 2 N–H and O–H groups in total. The monoisotopic (exact) mass is 219 g/mol. The predicted octanol–water partition coefficient (Wildman–Crippen LogP) is 1.78. The summed E-state index contributed by atoms with van der Waals surface area (Å²) < 4.78 is 18.0. The van der Waals surface area contributed by atoms with Crippen molar-refractivity contribution in [1.82, 2.24) is 9.97 Å². The van der Waals surface area contributed by atoms with E-state index < -0.39 is 6.08 Å². The molecule has 4 nitrogen and oxygen atoms in total. The third kappa shape index (κ3) is 2.44. The van der Waals surface area contributed by atoms with E-state index in [4.69, 9.17) is 10.5 Å². The second-order valence-electron chi connectivity index (χ2n) is 3.17. The first kappa shape index (κ1) is 10.4. The molecule has 1 heterocycles. The molecule has 0 aliphatic heterocycles. The average molecular weight is 219 g/mol. The fourth-order valence-electron chi connectivity index (χ4n) is 1.20. The number of hydrogen-bond acceptors (Lipinski definition) is 4. The maximum Gasteiger partial charge on any atom is 0.311 e. The van der Waals surface area contributed by atoms with Crippen LogP contribution in [0.3, 0.4) is 0 Å². The fraction of sp³-hybridized carbons (Fsp3) is 0.0909. The Labute approximate surface area is 91.9 Å². The van der Waals surface area contributed by atoms with Crippen molar-refractivity contribution in [2.45, 2.75) is 6.61 Å². The van der Waals surface area contributed by atoms with E-state index in [1.54, 1.807) is 0 Å². The molecule has 0 atom stereocenters. The van der Waals surface area contributed by atoms with Gasteiger partial charge in [0.2, 0.25) is 5.88 Å². The lowest BCUT2D eigenvalue weighted by molar-refractivity contribution is 0.289. The Bertz CT molecular complexity index is 476. The molecule has 0 spiro atoms. The highest BCUT2D eigenvalue weighted by Gasteiger charge is 2.05. The molecule has 16 heavy (non-hydrogen) atoms. The minimum atomic E-state index is -0.850. The van der Waals surface area contributed by atoms with Crippen LogP contribution >= 0.6 is 0 Å². The highest BCUT2D eigenvalue weighted by molar-refractivity contribution is 5.44. The zero-order chi connectivity index (χ0) is 11.4. The zero-order valence-electron chi connectivity index (χ0n) is 8.43. The number of hydrogen-bond donors (Lipinski definition) is 1. The second-order valence-corrected chi connectivity index (χ2v) is 3.17. The van der Waals surface area contributed by atoms with Crippen LogP contribution in [0.4, 0.5) is 10.1 Å². The number of nitrogens with zero attached hydrogens (tertiary/aromatic N) is 2. The Kier molecular flexibility index (Phi) is 2.95. The van der Waals surface area contributed by atoms with Gasteiger partial charge in [-0.1, -0.05) is 30.3 Å². The lowest BCUT2D eigenvalue weighted by Gasteiger charge is -2.06. The van der Waals surface area contributed by atoms with E-state index in [0.29, 0.717) is 6.61 Å². The number of nitrogens with two attached hydrogens (primary N) is 1. The van der Waals surface area contributed by atoms with Gasteiger partial charge in [-0.15, -0.1) is 0 Å². The number of ether oxygens (including phenoxy) is 1. The van der Waals surface area contributed by atoms with Crippen LogP contribution in [0.5, 0.6) is 5.88 Å². The van der Waals surface area contributed by atoms with Crippen molar-refractivity contribution in [2.75, 3.05) is 5.73 Å². The van der Waals surface area contributed by atoms with E-state index >= 15 is 0 Å². The molecule has 2 aromatic rings. The summed E-state index contributed by atoms with van der Waals surface area (Å²) >= 11 is 0. The predicted molar refractivity (Wildman–Crippen MR) is 57.2 cm³/mol. The smallest absolute Gasteiger partial charge is 0.311 e. The molecule has 5 heteroatoms. The van der Waals surface area contributed by atoms with Crippen LogP contribution in [0.25, 0.3) is 0 Å². The molecule has 0 bridgehead atoms. The molecule has 0 unspecified atom stereocenters. The first-order valence-electron chi connectivity index (χ1n) is 4.70. The summed E-state index contributed by atoms with van der Waals surface area (Å²) in [4.78, 5) is 6.77. The van der Waals surface area contributed by atoms with E-state index in [-0.39, 0.29) is 11.6 Å². The molecule has 82 valence electrons. The Morgan fingerprint density at radius 3 is 2.75 bits per heavy atom. The summed E-state index contributed by atoms with van der Waals surface area (Å²) in [6, 6.07) is 9.48. The Morgan fingerprint density at radius 2 is 2.00 bits per heavy atom. The summed E-state index contributed by atoms with van der Waals surface area (Å²) in [7, 11) is 0. The van der Waals surface area contributed by atoms with Crippen molar-refractivity contribution in [3.63, 3.8) is 0 Å². The van der Waals surface area contributed by atoms with Gasteiger partial charge in [-0.3, -0.25) is 0 Å². The number of anilines is 1. The van der Waals surface area contributed by atoms with E-state index in [9.17, 15) is 4.39 Å². The highest BCUT2D eigenvalue weighted by Crippen LogP contribution is 2.17. The van der Waals surface area contributed by atoms with Crippen LogP contribution < -0.4 is 10.5 Å². The van der Waals surface area contributed by atoms with Crippen LogP contribution in [-0.2, 0) is 6.61 Å². The van der Waals surface area contributed by atoms with Crippen molar-refractivity contribution in [2.24, 2.45) is 0 Å². The van der Waals surface area contributed by atoms with E-state index in [2.05, 4.69) is 9.97 Å². The van der Waals surface area contributed by atoms with Crippen LogP contribution in [-0.4, -0.2) is 9.97 Å². The van der Waals surface area contributed by atoms with Crippen molar-refractivity contribution in [3.8, 4) is 5.88 Å². The third-order valence-corrected chi connectivity index (χ3v) is 1.97. The summed E-state index contributed by atoms with van der Waals surface area (Å²) in [5.41, 5.74) is 6.72. The fourth-order valence-corrected chi connectivity index (χ4v) is 1.20. The van der Waals surface area contributed by atoms with Crippen molar-refractivity contribution >= 4 is 5.69 Å². The lowest BCUT2D eigenvalue weighted by atomic mass is 10.2. The first-order valence-corrected chi connectivity index (χ1v) is 4.70. The number of benzene rings is 1. The molecule has 0 aliphatic rings. The maximum absolute atomic E-state index is 12.7. The highest BCUT2D eigenvalue weighted by atomic mass is 19.1. The van der Waals surface area contributed by atoms with Crippen LogP contribution in [0.15, 0.2) is 36.5 Å². The van der Waals surface area contributed by atoms with Crippen molar-refractivity contribution in [3.05, 3.63) is 48.2 Å². The van der Waals surface area contributed by atoms with Gasteiger partial charge in [-0.25, -0.2) is 4.98 Å².